The number of nitrogens with one attached hydrogen (secondary N) is 1. The quantitative estimate of drug-likeness (QED) is 0.0217. The summed E-state index contributed by atoms with van der Waals surface area (Å²) in [6, 6.07) is 0. The van der Waals surface area contributed by atoms with Crippen LogP contribution < -0.4 is 5.48 Å². The Morgan fingerprint density at radius 2 is 0.885 bits per heavy atom. The van der Waals surface area contributed by atoms with Crippen LogP contribution in [0.5, 0.6) is 0 Å². The summed E-state index contributed by atoms with van der Waals surface area (Å²) in [7, 11) is 1.61. The molecule has 0 aromatic rings. The highest BCUT2D eigenvalue weighted by Gasteiger charge is 2.12. The maximum absolute atomic E-state index is 6.53. The fraction of sp³-hybridized carbons (Fsp3) is 0.873. The van der Waals surface area contributed by atoms with Crippen molar-refractivity contribution in [1.29, 1.82) is 0 Å². The summed E-state index contributed by atoms with van der Waals surface area (Å²) in [4.78, 5) is 12.3. The van der Waals surface area contributed by atoms with Crippen LogP contribution >= 0.6 is 0 Å². The number of aliphatic imine (C=N–C) groups is 1. The van der Waals surface area contributed by atoms with Gasteiger partial charge in [0.05, 0.1) is 30.8 Å². The van der Waals surface area contributed by atoms with Crippen molar-refractivity contribution >= 4 is 5.84 Å². The Morgan fingerprint density at radius 3 is 1.30 bits per heavy atom. The van der Waals surface area contributed by atoms with Crippen molar-refractivity contribution in [2.45, 2.75) is 278 Å². The first-order valence-electron chi connectivity index (χ1n) is 26.8. The fourth-order valence-electron chi connectivity index (χ4n) is 8.10. The van der Waals surface area contributed by atoms with Gasteiger partial charge in [-0.25, -0.2) is 5.48 Å². The molecule has 0 amide bonds. The lowest BCUT2D eigenvalue weighted by atomic mass is 10.0. The fourth-order valence-corrected chi connectivity index (χ4v) is 8.10. The van der Waals surface area contributed by atoms with Crippen molar-refractivity contribution in [1.82, 2.24) is 10.4 Å². The standard InChI is InChI=1S/C53H103N3O3.C2H6.H2/c1-9-14-17-20-27-34-42-51(12-4)58-49(6)40-32-25-23-30-37-46-56(48-39-45-54-53(13-5)55-57-8)47-38-31-24-26-33-41-50(7)59-52(43-35-28-21-18-15-10-2)44-36-29-22-19-16-11-3;1-2;/h13,51-52H,5-7,9-12,14-48H2,1-4,8H3,(H,54,55);1-2H3;1H. The molecule has 0 aliphatic carbocycles. The number of hydroxylamine groups is 1. The monoisotopic (exact) mass is 862 g/mol. The van der Waals surface area contributed by atoms with Gasteiger partial charge in [-0.15, -0.1) is 0 Å². The number of hydrogen-bond donors (Lipinski definition) is 1. The SMILES string of the molecule is C=CC(=NCCCN(CCCCCCCC(=C)OC(CC)CCCCCCCC)CCCCCCCC(=C)OC(CCCCCCCC)CCCCCCCC)NOC.CC.[HH]. The molecule has 0 radical (unpaired) electrons. The van der Waals surface area contributed by atoms with E-state index in [0.717, 1.165) is 50.3 Å². The third-order valence-electron chi connectivity index (χ3n) is 11.9. The molecule has 0 spiro atoms. The van der Waals surface area contributed by atoms with E-state index in [4.69, 9.17) is 14.3 Å². The topological polar surface area (TPSA) is 55.3 Å². The number of unbranched alkanes of at least 4 members (excludes halogenated alkanes) is 23. The maximum Gasteiger partial charge on any atom is 0.144 e. The normalized spacial score (nSPS) is 12.0. The zero-order valence-corrected chi connectivity index (χ0v) is 42.5. The Morgan fingerprint density at radius 1 is 0.525 bits per heavy atom. The number of amidine groups is 1. The molecule has 0 heterocycles. The molecule has 0 aromatic heterocycles. The maximum atomic E-state index is 6.53. The zero-order valence-electron chi connectivity index (χ0n) is 42.5. The molecular formula is C55H111N3O3. The lowest BCUT2D eigenvalue weighted by Gasteiger charge is -2.22. The van der Waals surface area contributed by atoms with Crippen molar-refractivity contribution < 1.29 is 15.7 Å². The van der Waals surface area contributed by atoms with Crippen LogP contribution in [0.1, 0.15) is 268 Å². The Kier molecular flexibility index (Phi) is 51.1. The molecular weight excluding hydrogens is 751 g/mol. The molecule has 0 aromatic carbocycles. The minimum absolute atomic E-state index is 0. The molecule has 0 rings (SSSR count). The molecule has 364 valence electrons. The van der Waals surface area contributed by atoms with Gasteiger partial charge in [-0.3, -0.25) is 9.83 Å². The second-order valence-corrected chi connectivity index (χ2v) is 17.6. The van der Waals surface area contributed by atoms with Gasteiger partial charge in [-0.05, 0) is 103 Å². The molecule has 6 heteroatoms. The lowest BCUT2D eigenvalue weighted by molar-refractivity contribution is 0.0895. The van der Waals surface area contributed by atoms with Gasteiger partial charge in [-0.2, -0.15) is 0 Å². The largest absolute Gasteiger partial charge is 0.495 e. The van der Waals surface area contributed by atoms with E-state index in [1.54, 1.807) is 13.2 Å². The molecule has 1 unspecified atom stereocenters. The van der Waals surface area contributed by atoms with Gasteiger partial charge >= 0.3 is 0 Å². The minimum atomic E-state index is 0. The molecule has 1 N–H and O–H groups in total. The second-order valence-electron chi connectivity index (χ2n) is 17.6. The number of hydrogen-bond acceptors (Lipinski definition) is 5. The summed E-state index contributed by atoms with van der Waals surface area (Å²) in [5.41, 5.74) is 2.81. The van der Waals surface area contributed by atoms with Gasteiger partial charge in [0.25, 0.3) is 0 Å². The van der Waals surface area contributed by atoms with Gasteiger partial charge in [0.15, 0.2) is 0 Å². The van der Waals surface area contributed by atoms with E-state index < -0.39 is 0 Å². The molecule has 0 fully saturated rings. The van der Waals surface area contributed by atoms with Crippen LogP contribution in [-0.4, -0.2) is 56.2 Å². The smallest absolute Gasteiger partial charge is 0.144 e. The number of ether oxygens (including phenoxy) is 2. The summed E-state index contributed by atoms with van der Waals surface area (Å²) >= 11 is 0. The van der Waals surface area contributed by atoms with Crippen molar-refractivity contribution in [2.24, 2.45) is 4.99 Å². The summed E-state index contributed by atoms with van der Waals surface area (Å²) < 4.78 is 12.8. The predicted molar refractivity (Wildman–Crippen MR) is 275 cm³/mol. The lowest BCUT2D eigenvalue weighted by Crippen LogP contribution is -2.28. The Bertz CT molecular complexity index is 944. The summed E-state index contributed by atoms with van der Waals surface area (Å²) in [5.74, 6) is 2.74. The molecule has 0 aliphatic heterocycles. The first kappa shape index (κ1) is 61.3. The van der Waals surface area contributed by atoms with Crippen LogP contribution in [0, 0.1) is 0 Å². The van der Waals surface area contributed by atoms with Crippen LogP contribution in [0.15, 0.2) is 42.3 Å². The summed E-state index contributed by atoms with van der Waals surface area (Å²) in [6.07, 6.45) is 47.0. The van der Waals surface area contributed by atoms with Gasteiger partial charge < -0.3 is 14.4 Å². The number of allylic oxidation sites excluding steroid dienone is 2. The van der Waals surface area contributed by atoms with Gasteiger partial charge in [0.2, 0.25) is 0 Å². The summed E-state index contributed by atoms with van der Waals surface area (Å²) in [6.45, 7) is 29.8. The zero-order chi connectivity index (χ0) is 45.3. The first-order valence-corrected chi connectivity index (χ1v) is 26.8. The van der Waals surface area contributed by atoms with Crippen molar-refractivity contribution in [3.63, 3.8) is 0 Å². The van der Waals surface area contributed by atoms with Crippen LogP contribution in [0.25, 0.3) is 0 Å². The predicted octanol–water partition coefficient (Wildman–Crippen LogP) is 17.8. The first-order chi connectivity index (χ1) is 29.9. The highest BCUT2D eigenvalue weighted by atomic mass is 16.6. The van der Waals surface area contributed by atoms with E-state index in [0.29, 0.717) is 18.0 Å². The van der Waals surface area contributed by atoms with E-state index in [9.17, 15) is 0 Å². The second kappa shape index (κ2) is 50.9. The van der Waals surface area contributed by atoms with Crippen molar-refractivity contribution in [2.75, 3.05) is 33.3 Å². The average molecular weight is 863 g/mol. The molecule has 61 heavy (non-hydrogen) atoms. The molecule has 0 bridgehead atoms. The van der Waals surface area contributed by atoms with Gasteiger partial charge in [0.1, 0.15) is 5.84 Å². The van der Waals surface area contributed by atoms with Crippen LogP contribution in [0.2, 0.25) is 0 Å². The van der Waals surface area contributed by atoms with Crippen molar-refractivity contribution in [3.8, 4) is 0 Å². The Hall–Kier alpha value is -1.79. The number of nitrogens with zero attached hydrogens (tertiary/aromatic N) is 2. The van der Waals surface area contributed by atoms with Crippen molar-refractivity contribution in [3.05, 3.63) is 37.3 Å². The van der Waals surface area contributed by atoms with Crippen LogP contribution in [-0.2, 0) is 14.3 Å². The van der Waals surface area contributed by atoms with E-state index >= 15 is 0 Å². The van der Waals surface area contributed by atoms with E-state index in [1.807, 2.05) is 13.8 Å². The van der Waals surface area contributed by atoms with E-state index in [2.05, 4.69) is 62.8 Å². The van der Waals surface area contributed by atoms with Gasteiger partial charge in [0, 0.05) is 20.8 Å². The van der Waals surface area contributed by atoms with E-state index in [1.165, 1.54) is 212 Å². The Balaban J connectivity index is -0.0000114. The minimum Gasteiger partial charge on any atom is -0.495 e. The molecule has 0 saturated heterocycles. The van der Waals surface area contributed by atoms with Gasteiger partial charge in [-0.1, -0.05) is 196 Å². The molecule has 1 atom stereocenters. The number of rotatable bonds is 48. The Labute approximate surface area is 384 Å². The average Bonchev–Trinajstić information content (AvgIpc) is 3.27. The summed E-state index contributed by atoms with van der Waals surface area (Å²) in [5, 5.41) is 0. The highest BCUT2D eigenvalue weighted by Crippen LogP contribution is 2.22. The van der Waals surface area contributed by atoms with Crippen LogP contribution in [0.4, 0.5) is 0 Å². The molecule has 0 saturated carbocycles. The third kappa shape index (κ3) is 44.6. The van der Waals surface area contributed by atoms with E-state index in [-0.39, 0.29) is 1.43 Å². The van der Waals surface area contributed by atoms with Crippen LogP contribution in [0.3, 0.4) is 0 Å². The highest BCUT2D eigenvalue weighted by molar-refractivity contribution is 5.91. The third-order valence-corrected chi connectivity index (χ3v) is 11.9. The molecule has 0 aliphatic rings. The molecule has 6 nitrogen and oxygen atoms in total.